The molecule has 1 amide bonds. The number of ether oxygens (including phenoxy) is 5. The minimum absolute atomic E-state index is 0.117. The van der Waals surface area contributed by atoms with Crippen LogP contribution in [0.5, 0.6) is 0 Å². The molecule has 3 aliphatic rings. The van der Waals surface area contributed by atoms with Crippen molar-refractivity contribution in [3.63, 3.8) is 0 Å². The zero-order valence-corrected chi connectivity index (χ0v) is 47.0. The first-order valence-electron chi connectivity index (χ1n) is 27.0. The van der Waals surface area contributed by atoms with Crippen molar-refractivity contribution in [2.75, 3.05) is 33.8 Å². The minimum atomic E-state index is -4.30. The van der Waals surface area contributed by atoms with Crippen LogP contribution in [0.1, 0.15) is 112 Å². The molecule has 1 aromatic carbocycles. The van der Waals surface area contributed by atoms with E-state index in [1.165, 1.54) is 31.2 Å². The smallest absolute Gasteiger partial charge is 0.416 e. The number of hydrazine groups is 1. The molecule has 2 aromatic heterocycles. The number of nitroso groups, excluding NO2 is 1. The fraction of sp³-hybridized carbons (Fsp3) is 0.643. The third kappa shape index (κ3) is 15.7. The molecule has 0 bridgehead atoms. The number of aromatic nitrogens is 3. The Morgan fingerprint density at radius 2 is 1.71 bits per heavy atom. The lowest BCUT2D eigenvalue weighted by Gasteiger charge is -2.46. The van der Waals surface area contributed by atoms with Gasteiger partial charge in [0.15, 0.2) is 17.7 Å². The van der Waals surface area contributed by atoms with E-state index in [1.807, 2.05) is 50.7 Å². The summed E-state index contributed by atoms with van der Waals surface area (Å²) in [6, 6.07) is 7.24. The van der Waals surface area contributed by atoms with Crippen LogP contribution >= 0.6 is 0 Å². The number of amides is 1. The molecule has 3 fully saturated rings. The van der Waals surface area contributed by atoms with Crippen molar-refractivity contribution in [2.45, 2.75) is 168 Å². The number of halogens is 3. The molecule has 0 radical (unpaired) electrons. The number of hydrogen-bond donors (Lipinski definition) is 3. The summed E-state index contributed by atoms with van der Waals surface area (Å²) in [6.45, 7) is 18.0. The second-order valence-corrected chi connectivity index (χ2v) is 21.6. The summed E-state index contributed by atoms with van der Waals surface area (Å²) in [5.41, 5.74) is 5.61. The number of fused-ring (bicyclic) bond motifs is 1. The number of methoxy groups -OCH3 is 1. The highest BCUT2D eigenvalue weighted by Gasteiger charge is 2.60. The SMILES string of the molecule is CC[C@H]1OC(=O)[C@H](C)C(=O)[C@H](C)[C@@H](O[C@@H]2O[C@H](C)CC(C)[C@H]2N=O)[C@](C)(OC)C[C@@H](C)C(=O)[C@H](C)[C@@H]2N(CCCCn3cnc(-c4cccnc4)c3)C(=O)O[C@@]21C.CNCC/C(N)=C/N(N)CCc1ccc(C(F)(F)F)cc1. The third-order valence-electron chi connectivity index (χ3n) is 15.5. The molecular weight excluding hydrogens is 1020 g/mol. The van der Waals surface area contributed by atoms with Crippen LogP contribution in [0.3, 0.4) is 0 Å². The zero-order chi connectivity index (χ0) is 57.7. The van der Waals surface area contributed by atoms with Crippen molar-refractivity contribution >= 4 is 23.6 Å². The molecule has 3 aliphatic heterocycles. The number of benzene rings is 1. The van der Waals surface area contributed by atoms with Crippen LogP contribution in [0.25, 0.3) is 11.3 Å². The van der Waals surface area contributed by atoms with Gasteiger partial charge >= 0.3 is 18.2 Å². The lowest BCUT2D eigenvalue weighted by molar-refractivity contribution is -0.268. The number of cyclic esters (lactones) is 1. The second-order valence-electron chi connectivity index (χ2n) is 21.6. The summed E-state index contributed by atoms with van der Waals surface area (Å²) in [7, 11) is 3.31. The van der Waals surface area contributed by atoms with Crippen molar-refractivity contribution in [3.05, 3.63) is 89.2 Å². The highest BCUT2D eigenvalue weighted by Crippen LogP contribution is 2.43. The summed E-state index contributed by atoms with van der Waals surface area (Å²) >= 11 is 0. The number of nitrogens with one attached hydrogen (secondary N) is 1. The summed E-state index contributed by atoms with van der Waals surface area (Å²) in [4.78, 5) is 79.0. The summed E-state index contributed by atoms with van der Waals surface area (Å²) in [5.74, 6) is 0.593. The number of nitrogens with zero attached hydrogens (tertiary/aromatic N) is 6. The van der Waals surface area contributed by atoms with E-state index in [-0.39, 0.29) is 30.6 Å². The topological polar surface area (TPSA) is 245 Å². The molecule has 1 unspecified atom stereocenters. The van der Waals surface area contributed by atoms with Crippen LogP contribution in [0.2, 0.25) is 0 Å². The molecule has 0 aliphatic carbocycles. The van der Waals surface area contributed by atoms with Crippen LogP contribution < -0.4 is 16.9 Å². The Morgan fingerprint density at radius 3 is 2.32 bits per heavy atom. The standard InChI is InChI=1S/C42H61N5O10.C14H21F3N4/c1-11-32-42(9)36(47(40(51)57-42)18-13-12-17-46-22-31(44-23-46)30-15-14-16-43-21-30)27(5)34(48)25(3)20-41(8,53-10)37(28(6)35(49)29(7)38(50)55-32)56-39-33(45-52)24(2)19-26(4)54-39;1-20-8-6-13(18)10-21(19)9-7-11-2-4-12(5-3-11)14(15,16)17/h14-16,21-29,32-33,36-37,39H,11-13,17-20H2,1-10H3;2-5,10,20H,6-9,18-19H2,1H3/b;13-10-/t24?,25-,26-,27+,28+,29-,32-,33-,36+,37-,39+,41-,42-;/m1./s1. The van der Waals surface area contributed by atoms with Gasteiger partial charge in [0.2, 0.25) is 0 Å². The number of ketones is 2. The molecule has 3 saturated heterocycles. The molecule has 0 spiro atoms. The number of rotatable bonds is 18. The number of imidazole rings is 1. The van der Waals surface area contributed by atoms with Gasteiger partial charge in [-0.25, -0.2) is 15.6 Å². The van der Waals surface area contributed by atoms with Gasteiger partial charge < -0.3 is 49.2 Å². The maximum atomic E-state index is 14.7. The average Bonchev–Trinajstić information content (AvgIpc) is 4.03. The van der Waals surface area contributed by atoms with Crippen LogP contribution in [0.4, 0.5) is 18.0 Å². The Bertz CT molecular complexity index is 2480. The molecule has 22 heteroatoms. The first kappa shape index (κ1) is 63.0. The van der Waals surface area contributed by atoms with E-state index in [0.717, 1.165) is 35.5 Å². The number of alkyl halides is 3. The highest BCUT2D eigenvalue weighted by atomic mass is 19.4. The molecule has 5 heterocycles. The number of nitrogens with two attached hydrogens (primary N) is 2. The Hall–Kier alpha value is -5.81. The first-order valence-corrected chi connectivity index (χ1v) is 27.0. The van der Waals surface area contributed by atoms with E-state index in [1.54, 1.807) is 64.4 Å². The summed E-state index contributed by atoms with van der Waals surface area (Å²) < 4.78 is 70.3. The monoisotopic (exact) mass is 1100 g/mol. The summed E-state index contributed by atoms with van der Waals surface area (Å²) in [6.07, 6.45) is 4.09. The van der Waals surface area contributed by atoms with Gasteiger partial charge in [-0.15, -0.1) is 0 Å². The number of carbonyl (C=O) groups is 4. The Kier molecular flexibility index (Phi) is 22.5. The van der Waals surface area contributed by atoms with Gasteiger partial charge in [0.05, 0.1) is 41.4 Å². The van der Waals surface area contributed by atoms with Crippen molar-refractivity contribution in [1.29, 1.82) is 0 Å². The van der Waals surface area contributed by atoms with Crippen molar-refractivity contribution in [2.24, 2.45) is 46.3 Å². The van der Waals surface area contributed by atoms with E-state index in [0.29, 0.717) is 57.4 Å². The predicted octanol–water partition coefficient (Wildman–Crippen LogP) is 8.24. The number of pyridine rings is 1. The molecule has 0 saturated carbocycles. The van der Waals surface area contributed by atoms with E-state index < -0.39 is 95.0 Å². The van der Waals surface area contributed by atoms with Crippen LogP contribution in [0.15, 0.2) is 78.4 Å². The number of aryl methyl sites for hydroxylation is 1. The lowest BCUT2D eigenvalue weighted by atomic mass is 9.73. The van der Waals surface area contributed by atoms with Crippen molar-refractivity contribution in [3.8, 4) is 11.3 Å². The van der Waals surface area contributed by atoms with Gasteiger partial charge in [-0.05, 0) is 109 Å². The first-order chi connectivity index (χ1) is 36.8. The maximum absolute atomic E-state index is 14.7. The number of unbranched alkanes of at least 4 members (excludes halogenated alkanes) is 1. The van der Waals surface area contributed by atoms with Crippen molar-refractivity contribution < 1.29 is 56.0 Å². The third-order valence-corrected chi connectivity index (χ3v) is 15.5. The number of carbonyl (C=O) groups excluding carboxylic acids is 4. The molecule has 78 heavy (non-hydrogen) atoms. The number of esters is 1. The zero-order valence-electron chi connectivity index (χ0n) is 47.0. The fourth-order valence-corrected chi connectivity index (χ4v) is 11.1. The predicted molar refractivity (Wildman–Crippen MR) is 286 cm³/mol. The van der Waals surface area contributed by atoms with Crippen LogP contribution in [0, 0.1) is 34.5 Å². The lowest BCUT2D eigenvalue weighted by Crippen LogP contribution is -2.59. The van der Waals surface area contributed by atoms with Crippen LogP contribution in [-0.2, 0) is 57.2 Å². The van der Waals surface area contributed by atoms with Gasteiger partial charge in [-0.2, -0.15) is 18.1 Å². The number of Topliss-reactive ketones (excluding diaryl/α,β-unsaturated/α-hetero) is 2. The van der Waals surface area contributed by atoms with Gasteiger partial charge in [0, 0.05) is 93.5 Å². The molecular formula is C56H82F3N9O10. The normalized spacial score (nSPS) is 30.4. The van der Waals surface area contributed by atoms with Gasteiger partial charge in [-0.3, -0.25) is 19.4 Å². The molecule has 13 atom stereocenters. The molecule has 3 aromatic rings. The van der Waals surface area contributed by atoms with E-state index in [2.05, 4.69) is 20.5 Å². The Balaban J connectivity index is 0.000000447. The molecule has 19 nitrogen and oxygen atoms in total. The van der Waals surface area contributed by atoms with E-state index >= 15 is 0 Å². The second kappa shape index (κ2) is 27.9. The molecule has 432 valence electrons. The van der Waals surface area contributed by atoms with Gasteiger partial charge in [0.1, 0.15) is 23.8 Å². The summed E-state index contributed by atoms with van der Waals surface area (Å²) in [5, 5.41) is 7.76. The Morgan fingerprint density at radius 1 is 1.01 bits per heavy atom. The van der Waals surface area contributed by atoms with Gasteiger partial charge in [0.25, 0.3) is 0 Å². The maximum Gasteiger partial charge on any atom is 0.416 e. The molecule has 5 N–H and O–H groups in total. The van der Waals surface area contributed by atoms with E-state index in [4.69, 9.17) is 35.3 Å². The quantitative estimate of drug-likeness (QED) is 0.0271. The van der Waals surface area contributed by atoms with E-state index in [9.17, 15) is 37.3 Å². The van der Waals surface area contributed by atoms with Crippen molar-refractivity contribution in [1.82, 2.24) is 29.8 Å². The van der Waals surface area contributed by atoms with Gasteiger partial charge in [-0.1, -0.05) is 51.9 Å². The largest absolute Gasteiger partial charge is 0.458 e. The minimum Gasteiger partial charge on any atom is -0.458 e. The Labute approximate surface area is 456 Å². The fourth-order valence-electron chi connectivity index (χ4n) is 11.1. The molecule has 6 rings (SSSR count). The highest BCUT2D eigenvalue weighted by molar-refractivity contribution is 6.00. The van der Waals surface area contributed by atoms with Crippen LogP contribution in [-0.4, -0.2) is 130 Å². The average molecular weight is 1100 g/mol. The number of hydrogen-bond acceptors (Lipinski definition) is 17.